The molecule has 2 heteroatoms. The zero-order valence-electron chi connectivity index (χ0n) is 13.8. The summed E-state index contributed by atoms with van der Waals surface area (Å²) in [5.74, 6) is 0. The normalized spacial score (nSPS) is 10.8. The summed E-state index contributed by atoms with van der Waals surface area (Å²) in [7, 11) is 2.27. The van der Waals surface area contributed by atoms with Crippen molar-refractivity contribution in [2.45, 2.75) is 24.6 Å². The Morgan fingerprint density at radius 2 is 0.917 bits per heavy atom. The molecule has 3 rings (SSSR count). The predicted molar refractivity (Wildman–Crippen MR) is 109 cm³/mol. The summed E-state index contributed by atoms with van der Waals surface area (Å²) >= 11 is 0. The van der Waals surface area contributed by atoms with Gasteiger partial charge >= 0.3 is 18.9 Å². The number of rotatable bonds is 6. The van der Waals surface area contributed by atoms with E-state index < -0.39 is 0 Å². The third-order valence-electron chi connectivity index (χ3n) is 4.71. The fraction of sp³-hybridized carbons (Fsp3) is 0.182. The van der Waals surface area contributed by atoms with Crippen LogP contribution < -0.4 is 0 Å². The molecule has 0 spiro atoms. The van der Waals surface area contributed by atoms with Crippen LogP contribution in [0.1, 0.15) is 29.5 Å². The topological polar surface area (TPSA) is 0 Å². The summed E-state index contributed by atoms with van der Waals surface area (Å²) in [6, 6.07) is 32.9. The predicted octanol–water partition coefficient (Wildman–Crippen LogP) is 4.20. The third kappa shape index (κ3) is 3.69. The van der Waals surface area contributed by atoms with Gasteiger partial charge in [-0.2, -0.15) is 0 Å². The Morgan fingerprint density at radius 3 is 1.21 bits per heavy atom. The molecule has 0 aromatic heterocycles. The second-order valence-electron chi connectivity index (χ2n) is 6.11. The van der Waals surface area contributed by atoms with E-state index in [4.69, 9.17) is 0 Å². The average molecular weight is 306 g/mol. The SMILES string of the molecule is BCCCC(c1ccccc1)(c1ccccc1)c1ccccc1.[LiH]. The van der Waals surface area contributed by atoms with E-state index in [1.54, 1.807) is 0 Å². The van der Waals surface area contributed by atoms with E-state index in [0.717, 1.165) is 6.42 Å². The quantitative estimate of drug-likeness (QED) is 0.473. The van der Waals surface area contributed by atoms with Crippen LogP contribution in [0, 0.1) is 0 Å². The van der Waals surface area contributed by atoms with Crippen LogP contribution in [0.2, 0.25) is 6.32 Å². The molecule has 0 heterocycles. The summed E-state index contributed by atoms with van der Waals surface area (Å²) in [4.78, 5) is 0. The van der Waals surface area contributed by atoms with Crippen molar-refractivity contribution in [1.82, 2.24) is 0 Å². The van der Waals surface area contributed by atoms with Crippen LogP contribution in [-0.4, -0.2) is 26.7 Å². The van der Waals surface area contributed by atoms with Crippen LogP contribution in [0.5, 0.6) is 0 Å². The molecule has 0 aliphatic carbocycles. The van der Waals surface area contributed by atoms with Gasteiger partial charge in [0.2, 0.25) is 0 Å². The fourth-order valence-electron chi connectivity index (χ4n) is 3.54. The molecule has 3 aromatic carbocycles. The maximum absolute atomic E-state index is 2.27. The molecule has 0 amide bonds. The van der Waals surface area contributed by atoms with Gasteiger partial charge in [-0.1, -0.05) is 104 Å². The molecule has 116 valence electrons. The number of hydrogen-bond acceptors (Lipinski definition) is 0. The number of benzene rings is 3. The molecule has 0 fully saturated rings. The minimum atomic E-state index is -0.0697. The molecule has 0 bridgehead atoms. The van der Waals surface area contributed by atoms with Crippen LogP contribution in [0.4, 0.5) is 0 Å². The minimum absolute atomic E-state index is 0. The van der Waals surface area contributed by atoms with Crippen molar-refractivity contribution in [1.29, 1.82) is 0 Å². The van der Waals surface area contributed by atoms with Gasteiger partial charge in [0, 0.05) is 5.41 Å². The average Bonchev–Trinajstić information content (AvgIpc) is 2.65. The standard InChI is InChI=1S/C22H23B.Li.H/c23-18-10-17-22(19-11-4-1-5-12-19,20-13-6-2-7-14-20)21-15-8-3-9-16-21;;/h1-9,11-16H,10,17-18,23H2;;. The van der Waals surface area contributed by atoms with Crippen molar-refractivity contribution in [2.75, 3.05) is 0 Å². The van der Waals surface area contributed by atoms with Crippen molar-refractivity contribution in [3.63, 3.8) is 0 Å². The summed E-state index contributed by atoms with van der Waals surface area (Å²) < 4.78 is 0. The van der Waals surface area contributed by atoms with E-state index in [1.165, 1.54) is 29.4 Å². The molecule has 0 nitrogen and oxygen atoms in total. The van der Waals surface area contributed by atoms with Gasteiger partial charge in [0.25, 0.3) is 0 Å². The molecule has 0 atom stereocenters. The Labute approximate surface area is 158 Å². The first-order chi connectivity index (χ1) is 11.4. The molecule has 24 heavy (non-hydrogen) atoms. The molecule has 0 aliphatic heterocycles. The van der Waals surface area contributed by atoms with Crippen LogP contribution in [-0.2, 0) is 5.41 Å². The van der Waals surface area contributed by atoms with Crippen LogP contribution in [0.25, 0.3) is 0 Å². The number of hydrogen-bond donors (Lipinski definition) is 0. The maximum atomic E-state index is 2.27. The van der Waals surface area contributed by atoms with Gasteiger partial charge in [0.05, 0.1) is 0 Å². The Morgan fingerprint density at radius 1 is 0.583 bits per heavy atom. The van der Waals surface area contributed by atoms with Gasteiger partial charge in [-0.25, -0.2) is 0 Å². The first kappa shape index (κ1) is 18.7. The van der Waals surface area contributed by atoms with Gasteiger partial charge < -0.3 is 0 Å². The first-order valence-corrected chi connectivity index (χ1v) is 8.54. The van der Waals surface area contributed by atoms with Crippen molar-refractivity contribution in [3.8, 4) is 0 Å². The fourth-order valence-corrected chi connectivity index (χ4v) is 3.54. The molecule has 3 aromatic rings. The van der Waals surface area contributed by atoms with Gasteiger partial charge in [-0.15, -0.1) is 0 Å². The summed E-state index contributed by atoms with van der Waals surface area (Å²) in [5, 5.41) is 0. The van der Waals surface area contributed by atoms with Gasteiger partial charge in [0.15, 0.2) is 0 Å². The van der Waals surface area contributed by atoms with Gasteiger partial charge in [0.1, 0.15) is 7.85 Å². The summed E-state index contributed by atoms with van der Waals surface area (Å²) in [5.41, 5.74) is 4.07. The van der Waals surface area contributed by atoms with Crippen molar-refractivity contribution >= 4 is 26.7 Å². The molecule has 0 saturated carbocycles. The van der Waals surface area contributed by atoms with Crippen molar-refractivity contribution < 1.29 is 0 Å². The molecular formula is C22H24BLi. The van der Waals surface area contributed by atoms with E-state index in [-0.39, 0.29) is 24.3 Å². The second kappa shape index (κ2) is 8.98. The molecular weight excluding hydrogens is 282 g/mol. The Hall–Kier alpha value is -1.68. The zero-order valence-corrected chi connectivity index (χ0v) is 13.8. The Kier molecular flexibility index (Phi) is 6.98. The van der Waals surface area contributed by atoms with Crippen LogP contribution in [0.15, 0.2) is 91.0 Å². The van der Waals surface area contributed by atoms with E-state index >= 15 is 0 Å². The zero-order chi connectivity index (χ0) is 16.0. The van der Waals surface area contributed by atoms with E-state index in [2.05, 4.69) is 98.8 Å². The molecule has 0 N–H and O–H groups in total. The monoisotopic (exact) mass is 306 g/mol. The van der Waals surface area contributed by atoms with Crippen molar-refractivity contribution in [3.05, 3.63) is 108 Å². The van der Waals surface area contributed by atoms with Crippen LogP contribution >= 0.6 is 0 Å². The second-order valence-corrected chi connectivity index (χ2v) is 6.11. The Bertz CT molecular complexity index is 614. The van der Waals surface area contributed by atoms with E-state index in [1.807, 2.05) is 0 Å². The van der Waals surface area contributed by atoms with E-state index in [9.17, 15) is 0 Å². The van der Waals surface area contributed by atoms with Gasteiger partial charge in [-0.3, -0.25) is 0 Å². The third-order valence-corrected chi connectivity index (χ3v) is 4.71. The molecule has 0 unspecified atom stereocenters. The summed E-state index contributed by atoms with van der Waals surface area (Å²) in [6.45, 7) is 0. The molecule has 0 saturated heterocycles. The summed E-state index contributed by atoms with van der Waals surface area (Å²) in [6.07, 6.45) is 3.54. The first-order valence-electron chi connectivity index (χ1n) is 8.54. The Balaban J connectivity index is 0.00000208. The van der Waals surface area contributed by atoms with Crippen molar-refractivity contribution in [2.24, 2.45) is 0 Å². The van der Waals surface area contributed by atoms with Crippen LogP contribution in [0.3, 0.4) is 0 Å². The molecule has 0 radical (unpaired) electrons. The van der Waals surface area contributed by atoms with E-state index in [0.29, 0.717) is 0 Å². The molecule has 0 aliphatic rings. The van der Waals surface area contributed by atoms with Gasteiger partial charge in [-0.05, 0) is 23.1 Å².